The molecule has 0 aliphatic rings. The summed E-state index contributed by atoms with van der Waals surface area (Å²) in [4.78, 5) is 11.9. The first-order valence-electron chi connectivity index (χ1n) is 25.7. The molecular weight excluding hydrogens is 777 g/mol. The fourth-order valence-corrected chi connectivity index (χ4v) is 6.83. The minimum atomic E-state index is -0.127. The van der Waals surface area contributed by atoms with E-state index in [-0.39, 0.29) is 5.97 Å². The third-order valence-corrected chi connectivity index (χ3v) is 10.6. The lowest BCUT2D eigenvalue weighted by atomic mass is 10.0. The third-order valence-electron chi connectivity index (χ3n) is 10.6. The average Bonchev–Trinajstić information content (AvgIpc) is 3.27. The van der Waals surface area contributed by atoms with Crippen molar-refractivity contribution in [3.05, 3.63) is 0 Å². The van der Waals surface area contributed by atoms with E-state index in [0.717, 1.165) is 25.9 Å². The lowest BCUT2D eigenvalue weighted by molar-refractivity contribution is -0.145. The van der Waals surface area contributed by atoms with E-state index < -0.39 is 0 Å². The van der Waals surface area contributed by atoms with Crippen LogP contribution in [0.3, 0.4) is 0 Å². The molecule has 0 aromatic rings. The highest BCUT2D eigenvalue weighted by atomic mass is 16.6. The maximum Gasteiger partial charge on any atom is 0.305 e. The first-order valence-corrected chi connectivity index (χ1v) is 25.7. The fourth-order valence-electron chi connectivity index (χ4n) is 6.83. The van der Waals surface area contributed by atoms with E-state index in [1.807, 2.05) is 0 Å². The Hall–Kier alpha value is -0.890. The van der Waals surface area contributed by atoms with Crippen molar-refractivity contribution in [1.82, 2.24) is 0 Å². The standard InChI is InChI=1S/C50H100O11/c1-3-5-7-9-11-13-15-17-19-21-23-25-27-29-31-52-32-33-53-34-35-54-36-37-55-38-39-56-40-41-57-42-43-58-44-45-59-46-47-60-48-49-61-50(51)30-28-26-24-22-20-18-16-14-12-10-8-6-4-2/h3-49H2,1-2H3. The lowest BCUT2D eigenvalue weighted by Gasteiger charge is -2.09. The highest BCUT2D eigenvalue weighted by Crippen LogP contribution is 2.14. The van der Waals surface area contributed by atoms with Gasteiger partial charge in [0.25, 0.3) is 0 Å². The Morgan fingerprint density at radius 1 is 0.230 bits per heavy atom. The van der Waals surface area contributed by atoms with Crippen LogP contribution in [0.5, 0.6) is 0 Å². The van der Waals surface area contributed by atoms with Gasteiger partial charge in [0.05, 0.1) is 112 Å². The molecule has 0 rings (SSSR count). The molecule has 0 bridgehead atoms. The zero-order valence-corrected chi connectivity index (χ0v) is 40.2. The van der Waals surface area contributed by atoms with E-state index >= 15 is 0 Å². The molecule has 11 nitrogen and oxygen atoms in total. The quantitative estimate of drug-likeness (QED) is 0.0430. The van der Waals surface area contributed by atoms with Crippen molar-refractivity contribution in [2.45, 2.75) is 194 Å². The molecule has 0 aromatic heterocycles. The van der Waals surface area contributed by atoms with Crippen LogP contribution in [-0.2, 0) is 52.2 Å². The molecule has 0 aliphatic carbocycles. The van der Waals surface area contributed by atoms with Gasteiger partial charge in [0.2, 0.25) is 0 Å². The Labute approximate surface area is 376 Å². The Kier molecular flexibility index (Phi) is 56.3. The van der Waals surface area contributed by atoms with E-state index in [1.54, 1.807) is 0 Å². The van der Waals surface area contributed by atoms with Gasteiger partial charge in [-0.1, -0.05) is 174 Å². The largest absolute Gasteiger partial charge is 0.463 e. The van der Waals surface area contributed by atoms with E-state index in [9.17, 15) is 4.79 Å². The number of hydrogen-bond acceptors (Lipinski definition) is 11. The Balaban J connectivity index is 3.11. The van der Waals surface area contributed by atoms with Crippen LogP contribution in [0.25, 0.3) is 0 Å². The Bertz CT molecular complexity index is 791. The number of carbonyl (C=O) groups excluding carboxylic acids is 1. The summed E-state index contributed by atoms with van der Waals surface area (Å²) in [5.41, 5.74) is 0. The van der Waals surface area contributed by atoms with Crippen molar-refractivity contribution in [2.75, 3.05) is 126 Å². The maximum atomic E-state index is 11.9. The van der Waals surface area contributed by atoms with E-state index in [4.69, 9.17) is 47.4 Å². The molecule has 0 amide bonds. The minimum absolute atomic E-state index is 0.127. The van der Waals surface area contributed by atoms with Crippen LogP contribution >= 0.6 is 0 Å². The van der Waals surface area contributed by atoms with Crippen LogP contribution in [-0.4, -0.2) is 132 Å². The van der Waals surface area contributed by atoms with Crippen molar-refractivity contribution >= 4 is 5.97 Å². The fraction of sp³-hybridized carbons (Fsp3) is 0.980. The summed E-state index contributed by atoms with van der Waals surface area (Å²) in [6, 6.07) is 0. The molecule has 0 aromatic carbocycles. The molecule has 0 N–H and O–H groups in total. The molecule has 0 saturated heterocycles. The molecule has 0 saturated carbocycles. The van der Waals surface area contributed by atoms with Gasteiger partial charge in [-0.05, 0) is 12.8 Å². The van der Waals surface area contributed by atoms with Crippen LogP contribution in [0, 0.1) is 0 Å². The van der Waals surface area contributed by atoms with Gasteiger partial charge in [0, 0.05) is 13.0 Å². The predicted octanol–water partition coefficient (Wildman–Crippen LogP) is 11.6. The molecule has 0 fully saturated rings. The number of ether oxygens (including phenoxy) is 10. The van der Waals surface area contributed by atoms with Crippen molar-refractivity contribution in [3.8, 4) is 0 Å². The average molecular weight is 877 g/mol. The van der Waals surface area contributed by atoms with Gasteiger partial charge in [0.15, 0.2) is 0 Å². The van der Waals surface area contributed by atoms with Gasteiger partial charge in [-0.15, -0.1) is 0 Å². The van der Waals surface area contributed by atoms with Crippen LogP contribution in [0.1, 0.15) is 194 Å². The van der Waals surface area contributed by atoms with E-state index in [0.29, 0.717) is 125 Å². The molecule has 61 heavy (non-hydrogen) atoms. The summed E-state index contributed by atoms with van der Waals surface area (Å²) in [6.45, 7) is 14.6. The van der Waals surface area contributed by atoms with Gasteiger partial charge < -0.3 is 47.4 Å². The molecule has 0 spiro atoms. The molecule has 11 heteroatoms. The molecule has 0 unspecified atom stereocenters. The van der Waals surface area contributed by atoms with Gasteiger partial charge in [0.1, 0.15) is 6.61 Å². The monoisotopic (exact) mass is 877 g/mol. The van der Waals surface area contributed by atoms with E-state index in [1.165, 1.54) is 154 Å². The smallest absolute Gasteiger partial charge is 0.305 e. The van der Waals surface area contributed by atoms with Gasteiger partial charge >= 0.3 is 5.97 Å². The van der Waals surface area contributed by atoms with Crippen LogP contribution < -0.4 is 0 Å². The molecule has 0 heterocycles. The van der Waals surface area contributed by atoms with Crippen molar-refractivity contribution < 1.29 is 52.2 Å². The zero-order valence-electron chi connectivity index (χ0n) is 40.2. The highest BCUT2D eigenvalue weighted by Gasteiger charge is 2.03. The summed E-state index contributed by atoms with van der Waals surface area (Å²) < 4.78 is 55.2. The third kappa shape index (κ3) is 57.1. The second-order valence-electron chi connectivity index (χ2n) is 16.3. The second-order valence-corrected chi connectivity index (χ2v) is 16.3. The van der Waals surface area contributed by atoms with Crippen molar-refractivity contribution in [1.29, 1.82) is 0 Å². The summed E-state index contributed by atoms with van der Waals surface area (Å²) in [6.07, 6.45) is 36.6. The summed E-state index contributed by atoms with van der Waals surface area (Å²) in [5.74, 6) is -0.127. The number of rotatable bonds is 56. The van der Waals surface area contributed by atoms with Gasteiger partial charge in [-0.25, -0.2) is 0 Å². The summed E-state index contributed by atoms with van der Waals surface area (Å²) >= 11 is 0. The van der Waals surface area contributed by atoms with E-state index in [2.05, 4.69) is 13.8 Å². The first kappa shape index (κ1) is 60.1. The molecule has 0 aliphatic heterocycles. The first-order chi connectivity index (χ1) is 30.3. The SMILES string of the molecule is CCCCCCCCCCCCCCCCOCCOCCOCCOCCOCCOCCOCCOCCOCCOC(=O)CCCCCCCCCCCCCCC. The zero-order chi connectivity index (χ0) is 43.9. The predicted molar refractivity (Wildman–Crippen MR) is 249 cm³/mol. The van der Waals surface area contributed by atoms with Crippen molar-refractivity contribution in [2.24, 2.45) is 0 Å². The highest BCUT2D eigenvalue weighted by molar-refractivity contribution is 5.69. The number of carbonyl (C=O) groups is 1. The maximum absolute atomic E-state index is 11.9. The van der Waals surface area contributed by atoms with Gasteiger partial charge in [-0.2, -0.15) is 0 Å². The molecule has 0 radical (unpaired) electrons. The lowest BCUT2D eigenvalue weighted by Crippen LogP contribution is -2.15. The summed E-state index contributed by atoms with van der Waals surface area (Å²) in [5, 5.41) is 0. The Morgan fingerprint density at radius 3 is 0.689 bits per heavy atom. The second kappa shape index (κ2) is 57.1. The van der Waals surface area contributed by atoms with Crippen LogP contribution in [0.4, 0.5) is 0 Å². The topological polar surface area (TPSA) is 109 Å². The van der Waals surface area contributed by atoms with Gasteiger partial charge in [-0.3, -0.25) is 4.79 Å². The molecular formula is C50H100O11. The van der Waals surface area contributed by atoms with Crippen LogP contribution in [0.2, 0.25) is 0 Å². The minimum Gasteiger partial charge on any atom is -0.463 e. The summed E-state index contributed by atoms with van der Waals surface area (Å²) in [7, 11) is 0. The number of hydrogen-bond donors (Lipinski definition) is 0. The molecule has 0 atom stereocenters. The number of esters is 1. The number of unbranched alkanes of at least 4 members (excludes halogenated alkanes) is 25. The van der Waals surface area contributed by atoms with Crippen molar-refractivity contribution in [3.63, 3.8) is 0 Å². The normalized spacial score (nSPS) is 11.6. The van der Waals surface area contributed by atoms with Crippen LogP contribution in [0.15, 0.2) is 0 Å². The molecule has 366 valence electrons. The Morgan fingerprint density at radius 2 is 0.426 bits per heavy atom.